The summed E-state index contributed by atoms with van der Waals surface area (Å²) in [5, 5.41) is 14.9. The van der Waals surface area contributed by atoms with Gasteiger partial charge in [-0.2, -0.15) is 0 Å². The van der Waals surface area contributed by atoms with E-state index >= 15 is 0 Å². The molecule has 7 N–H and O–H groups in total. The van der Waals surface area contributed by atoms with Crippen LogP contribution in [-0.4, -0.2) is 59.4 Å². The third-order valence-corrected chi connectivity index (χ3v) is 10.4. The zero-order chi connectivity index (χ0) is 27.8. The van der Waals surface area contributed by atoms with Crippen LogP contribution in [0.2, 0.25) is 0 Å². The summed E-state index contributed by atoms with van der Waals surface area (Å²) in [6, 6.07) is 6.73. The van der Waals surface area contributed by atoms with Crippen LogP contribution in [-0.2, 0) is 34.7 Å². The highest BCUT2D eigenvalue weighted by Crippen LogP contribution is 2.62. The van der Waals surface area contributed by atoms with Gasteiger partial charge >= 0.3 is 5.97 Å². The van der Waals surface area contributed by atoms with Crippen LogP contribution in [0.3, 0.4) is 0 Å². The molecule has 37 heavy (non-hydrogen) atoms. The molecule has 1 aliphatic rings. The van der Waals surface area contributed by atoms with Crippen LogP contribution in [0.1, 0.15) is 51.5 Å². The lowest BCUT2D eigenvalue weighted by molar-refractivity contribution is -0.144. The van der Waals surface area contributed by atoms with Crippen LogP contribution in [0.25, 0.3) is 0 Å². The highest BCUT2D eigenvalue weighted by atomic mass is 31.2. The summed E-state index contributed by atoms with van der Waals surface area (Å²) in [7, 11) is -2.49. The number of nitrogens with one attached hydrogen (secondary N) is 2. The highest BCUT2D eigenvalue weighted by molar-refractivity contribution is 7.60. The third-order valence-electron chi connectivity index (χ3n) is 7.11. The molecular weight excluding hydrogens is 499 g/mol. The van der Waals surface area contributed by atoms with E-state index in [0.29, 0.717) is 25.7 Å². The molecule has 1 aromatic carbocycles. The maximum Gasteiger partial charge on any atom is 0.326 e. The lowest BCUT2D eigenvalue weighted by atomic mass is 9.98. The molecule has 0 radical (unpaired) electrons. The normalized spacial score (nSPS) is 22.2. The number of carboxylic acids is 1. The summed E-state index contributed by atoms with van der Waals surface area (Å²) < 4.78 is 20.2. The maximum absolute atomic E-state index is 14.5. The van der Waals surface area contributed by atoms with Crippen LogP contribution in [0, 0.1) is 11.8 Å². The van der Waals surface area contributed by atoms with Gasteiger partial charge in [0.25, 0.3) is 0 Å². The molecule has 0 aliphatic heterocycles. The van der Waals surface area contributed by atoms with Crippen molar-refractivity contribution in [2.24, 2.45) is 23.3 Å². The van der Waals surface area contributed by atoms with E-state index in [4.69, 9.17) is 16.0 Å². The van der Waals surface area contributed by atoms with Gasteiger partial charge in [0.1, 0.15) is 11.8 Å². The molecule has 0 spiro atoms. The second-order valence-corrected chi connectivity index (χ2v) is 12.6. The number of carbonyl (C=O) groups is 4. The number of primary amides is 1. The number of hydrogen-bond donors (Lipinski definition) is 5. The largest absolute Gasteiger partial charge is 0.480 e. The summed E-state index contributed by atoms with van der Waals surface area (Å²) in [6.45, 7) is 3.58. The van der Waals surface area contributed by atoms with Gasteiger partial charge < -0.3 is 31.7 Å². The summed E-state index contributed by atoms with van der Waals surface area (Å²) in [6.07, 6.45) is 1.70. The van der Waals surface area contributed by atoms with Gasteiger partial charge in [-0.05, 0) is 24.3 Å². The molecule has 0 aromatic heterocycles. The molecule has 0 bridgehead atoms. The molecule has 0 saturated heterocycles. The Morgan fingerprint density at radius 3 is 2.35 bits per heavy atom. The van der Waals surface area contributed by atoms with Crippen molar-refractivity contribution < 1.29 is 33.4 Å². The second kappa shape index (κ2) is 13.7. The molecule has 3 amide bonds. The first-order chi connectivity index (χ1) is 17.4. The van der Waals surface area contributed by atoms with E-state index < -0.39 is 60.5 Å². The topological polar surface area (TPSA) is 191 Å². The summed E-state index contributed by atoms with van der Waals surface area (Å²) in [4.78, 5) is 49.2. The van der Waals surface area contributed by atoms with Crippen molar-refractivity contribution in [3.8, 4) is 0 Å². The van der Waals surface area contributed by atoms with E-state index in [0.717, 1.165) is 5.56 Å². The number of amides is 3. The fourth-order valence-electron chi connectivity index (χ4n) is 4.80. The molecule has 12 heteroatoms. The molecular formula is C25H39N4O7P. The predicted octanol–water partition coefficient (Wildman–Crippen LogP) is 1.58. The van der Waals surface area contributed by atoms with Crippen LogP contribution in [0.4, 0.5) is 0 Å². The lowest BCUT2D eigenvalue weighted by Crippen LogP contribution is -2.50. The van der Waals surface area contributed by atoms with Crippen molar-refractivity contribution in [1.29, 1.82) is 0 Å². The zero-order valence-corrected chi connectivity index (χ0v) is 22.5. The van der Waals surface area contributed by atoms with Gasteiger partial charge in [-0.25, -0.2) is 4.79 Å². The minimum Gasteiger partial charge on any atom is -0.480 e. The number of benzene rings is 1. The molecule has 1 saturated carbocycles. The molecule has 11 nitrogen and oxygen atoms in total. The van der Waals surface area contributed by atoms with Gasteiger partial charge in [0.05, 0.1) is 12.5 Å². The molecule has 206 valence electrons. The van der Waals surface area contributed by atoms with Crippen molar-refractivity contribution in [1.82, 2.24) is 10.6 Å². The smallest absolute Gasteiger partial charge is 0.326 e. The Hall–Kier alpha value is -2.75. The molecule has 7 atom stereocenters. The molecule has 2 rings (SSSR count). The van der Waals surface area contributed by atoms with Crippen LogP contribution >= 0.6 is 7.37 Å². The summed E-state index contributed by atoms with van der Waals surface area (Å²) in [5.74, 6) is -5.18. The van der Waals surface area contributed by atoms with Gasteiger partial charge in [0.2, 0.25) is 25.1 Å². The lowest BCUT2D eigenvalue weighted by Gasteiger charge is -2.35. The Morgan fingerprint density at radius 2 is 1.81 bits per heavy atom. The van der Waals surface area contributed by atoms with E-state index in [1.165, 1.54) is 7.11 Å². The molecule has 1 aliphatic carbocycles. The maximum atomic E-state index is 14.5. The number of carbonyl (C=O) groups excluding carboxylic acids is 3. The number of carboxylic acid groups (broad SMARTS) is 1. The number of hydrogen-bond acceptors (Lipinski definition) is 7. The van der Waals surface area contributed by atoms with Gasteiger partial charge in [-0.1, -0.05) is 57.0 Å². The average molecular weight is 539 g/mol. The minimum atomic E-state index is -3.77. The number of rotatable bonds is 14. The standard InChI is InChI=1S/C25H39N4O7P/c1-4-15(2)22(25(33)34)29-23(31)17-11-8-12-19(17)37(35,36-3)21(13-16-9-6-5-7-10-16)28-24(32)18(26)14-20(27)30/h5-7,9-10,15,17-19,21-22H,4,8,11-14,26H2,1-3H3,(H2,27,30)(H,28,32)(H,29,31)(H,33,34)/t15-,17?,18-,19?,21?,22-,37?/m0/s1. The molecule has 1 fully saturated rings. The van der Waals surface area contributed by atoms with Crippen LogP contribution in [0.5, 0.6) is 0 Å². The predicted molar refractivity (Wildman–Crippen MR) is 139 cm³/mol. The average Bonchev–Trinajstić information content (AvgIpc) is 3.36. The first-order valence-corrected chi connectivity index (χ1v) is 14.3. The summed E-state index contributed by atoms with van der Waals surface area (Å²) in [5.41, 5.74) is 11.0. The number of nitrogens with two attached hydrogens (primary N) is 2. The quantitative estimate of drug-likeness (QED) is 0.220. The van der Waals surface area contributed by atoms with Crippen molar-refractivity contribution in [3.05, 3.63) is 35.9 Å². The van der Waals surface area contributed by atoms with E-state index in [2.05, 4.69) is 10.6 Å². The Morgan fingerprint density at radius 1 is 1.16 bits per heavy atom. The van der Waals surface area contributed by atoms with Crippen LogP contribution < -0.4 is 22.1 Å². The monoisotopic (exact) mass is 538 g/mol. The van der Waals surface area contributed by atoms with Gasteiger partial charge in [-0.3, -0.25) is 18.9 Å². The van der Waals surface area contributed by atoms with Crippen molar-refractivity contribution in [3.63, 3.8) is 0 Å². The fraction of sp³-hybridized carbons (Fsp3) is 0.600. The summed E-state index contributed by atoms with van der Waals surface area (Å²) >= 11 is 0. The van der Waals surface area contributed by atoms with Crippen molar-refractivity contribution in [2.75, 3.05) is 7.11 Å². The Bertz CT molecular complexity index is 1010. The Balaban J connectivity index is 2.38. The fourth-order valence-corrected chi connectivity index (χ4v) is 7.89. The SMILES string of the molecule is CC[C@H](C)[C@H](NC(=O)C1CCCC1P(=O)(OC)C(Cc1ccccc1)NC(=O)[C@@H](N)CC(N)=O)C(=O)O. The van der Waals surface area contributed by atoms with E-state index in [1.54, 1.807) is 19.1 Å². The minimum absolute atomic E-state index is 0.135. The molecule has 4 unspecified atom stereocenters. The highest BCUT2D eigenvalue weighted by Gasteiger charge is 2.50. The first-order valence-electron chi connectivity index (χ1n) is 12.5. The first kappa shape index (κ1) is 30.5. The van der Waals surface area contributed by atoms with E-state index in [-0.39, 0.29) is 18.8 Å². The molecule has 0 heterocycles. The van der Waals surface area contributed by atoms with Crippen molar-refractivity contribution >= 4 is 31.1 Å². The van der Waals surface area contributed by atoms with Gasteiger partial charge in [0.15, 0.2) is 0 Å². The van der Waals surface area contributed by atoms with E-state index in [9.17, 15) is 28.8 Å². The molecule has 1 aromatic rings. The van der Waals surface area contributed by atoms with Crippen molar-refractivity contribution in [2.45, 2.75) is 75.9 Å². The second-order valence-electron chi connectivity index (χ2n) is 9.63. The zero-order valence-electron chi connectivity index (χ0n) is 21.6. The third kappa shape index (κ3) is 7.87. The number of aliphatic carboxylic acids is 1. The van der Waals surface area contributed by atoms with Gasteiger partial charge in [-0.15, -0.1) is 0 Å². The van der Waals surface area contributed by atoms with Gasteiger partial charge in [0, 0.05) is 25.1 Å². The Kier molecular flexibility index (Phi) is 11.3. The van der Waals surface area contributed by atoms with E-state index in [1.807, 2.05) is 25.1 Å². The van der Waals surface area contributed by atoms with Crippen LogP contribution in [0.15, 0.2) is 30.3 Å². The Labute approximate surface area is 217 Å².